The minimum absolute atomic E-state index is 0.0906. The van der Waals surface area contributed by atoms with Gasteiger partial charge in [0.25, 0.3) is 0 Å². The number of carboxylic acids is 1. The Labute approximate surface area is 114 Å². The SMILES string of the molecule is O=C(O)c1cccc(Cl)c1OCCc1ccsc1. The van der Waals surface area contributed by atoms with Crippen LogP contribution in [-0.2, 0) is 6.42 Å². The fourth-order valence-corrected chi connectivity index (χ4v) is 2.46. The smallest absolute Gasteiger partial charge is 0.339 e. The molecular weight excluding hydrogens is 272 g/mol. The highest BCUT2D eigenvalue weighted by Crippen LogP contribution is 2.28. The van der Waals surface area contributed by atoms with Crippen LogP contribution in [0.25, 0.3) is 0 Å². The molecule has 0 aliphatic carbocycles. The standard InChI is InChI=1S/C13H11ClO3S/c14-11-3-1-2-10(13(15)16)12(11)17-6-4-9-5-7-18-8-9/h1-3,5,7-8H,4,6H2,(H,15,16). The van der Waals surface area contributed by atoms with E-state index in [-0.39, 0.29) is 11.3 Å². The van der Waals surface area contributed by atoms with Gasteiger partial charge < -0.3 is 9.84 Å². The molecule has 0 saturated heterocycles. The van der Waals surface area contributed by atoms with Crippen LogP contribution < -0.4 is 4.74 Å². The van der Waals surface area contributed by atoms with Crippen LogP contribution in [0.4, 0.5) is 0 Å². The molecule has 1 N–H and O–H groups in total. The monoisotopic (exact) mass is 282 g/mol. The molecular formula is C13H11ClO3S. The van der Waals surface area contributed by atoms with Crippen LogP contribution in [0.5, 0.6) is 5.75 Å². The maximum atomic E-state index is 11.0. The Morgan fingerprint density at radius 1 is 1.39 bits per heavy atom. The van der Waals surface area contributed by atoms with Crippen LogP contribution in [0.15, 0.2) is 35.0 Å². The van der Waals surface area contributed by atoms with Gasteiger partial charge in [0, 0.05) is 6.42 Å². The summed E-state index contributed by atoms with van der Waals surface area (Å²) in [4.78, 5) is 11.0. The Morgan fingerprint density at radius 3 is 2.89 bits per heavy atom. The number of carbonyl (C=O) groups is 1. The maximum absolute atomic E-state index is 11.0. The van der Waals surface area contributed by atoms with Crippen molar-refractivity contribution in [3.63, 3.8) is 0 Å². The summed E-state index contributed by atoms with van der Waals surface area (Å²) in [6.45, 7) is 0.404. The van der Waals surface area contributed by atoms with Crippen LogP contribution in [0.2, 0.25) is 5.02 Å². The Hall–Kier alpha value is -1.52. The molecule has 0 unspecified atom stereocenters. The minimum atomic E-state index is -1.04. The minimum Gasteiger partial charge on any atom is -0.491 e. The first-order valence-electron chi connectivity index (χ1n) is 5.34. The van der Waals surface area contributed by atoms with Gasteiger partial charge in [0.1, 0.15) is 5.56 Å². The molecule has 0 amide bonds. The molecule has 18 heavy (non-hydrogen) atoms. The van der Waals surface area contributed by atoms with E-state index in [1.54, 1.807) is 23.5 Å². The zero-order chi connectivity index (χ0) is 13.0. The van der Waals surface area contributed by atoms with Gasteiger partial charge in [-0.1, -0.05) is 17.7 Å². The number of aromatic carboxylic acids is 1. The molecule has 0 spiro atoms. The van der Waals surface area contributed by atoms with E-state index in [0.29, 0.717) is 11.6 Å². The van der Waals surface area contributed by atoms with Gasteiger partial charge in [-0.3, -0.25) is 0 Å². The highest BCUT2D eigenvalue weighted by Gasteiger charge is 2.14. The molecule has 0 aliphatic heterocycles. The maximum Gasteiger partial charge on any atom is 0.339 e. The average molecular weight is 283 g/mol. The summed E-state index contributed by atoms with van der Waals surface area (Å²) in [6.07, 6.45) is 0.730. The molecule has 5 heteroatoms. The Kier molecular flexibility index (Phi) is 4.23. The highest BCUT2D eigenvalue weighted by molar-refractivity contribution is 7.07. The van der Waals surface area contributed by atoms with Crippen LogP contribution >= 0.6 is 22.9 Å². The number of rotatable bonds is 5. The van der Waals surface area contributed by atoms with Crippen molar-refractivity contribution in [3.05, 3.63) is 51.2 Å². The van der Waals surface area contributed by atoms with Crippen molar-refractivity contribution in [1.82, 2.24) is 0 Å². The third-order valence-corrected chi connectivity index (χ3v) is 3.44. The van der Waals surface area contributed by atoms with Crippen molar-refractivity contribution in [3.8, 4) is 5.75 Å². The summed E-state index contributed by atoms with van der Waals surface area (Å²) in [6, 6.07) is 6.71. The summed E-state index contributed by atoms with van der Waals surface area (Å²) >= 11 is 7.57. The number of halogens is 1. The van der Waals surface area contributed by atoms with Crippen molar-refractivity contribution >= 4 is 28.9 Å². The molecule has 1 heterocycles. The van der Waals surface area contributed by atoms with Gasteiger partial charge in [-0.15, -0.1) is 0 Å². The van der Waals surface area contributed by atoms with Gasteiger partial charge in [-0.25, -0.2) is 4.79 Å². The summed E-state index contributed by atoms with van der Waals surface area (Å²) in [5.74, 6) is -0.801. The van der Waals surface area contributed by atoms with E-state index in [4.69, 9.17) is 21.4 Å². The van der Waals surface area contributed by atoms with E-state index >= 15 is 0 Å². The first-order valence-corrected chi connectivity index (χ1v) is 6.66. The first-order chi connectivity index (χ1) is 8.68. The molecule has 1 aromatic carbocycles. The molecule has 2 aromatic rings. The van der Waals surface area contributed by atoms with Crippen LogP contribution in [0.1, 0.15) is 15.9 Å². The molecule has 0 atom stereocenters. The lowest BCUT2D eigenvalue weighted by Gasteiger charge is -2.10. The number of thiophene rings is 1. The zero-order valence-corrected chi connectivity index (χ0v) is 11.0. The van der Waals surface area contributed by atoms with Crippen LogP contribution in [0, 0.1) is 0 Å². The van der Waals surface area contributed by atoms with Gasteiger partial charge in [0.05, 0.1) is 11.6 Å². The molecule has 2 rings (SSSR count). The molecule has 0 saturated carbocycles. The van der Waals surface area contributed by atoms with Gasteiger partial charge in [0.2, 0.25) is 0 Å². The van der Waals surface area contributed by atoms with E-state index < -0.39 is 5.97 Å². The van der Waals surface area contributed by atoms with E-state index in [0.717, 1.165) is 6.42 Å². The molecule has 94 valence electrons. The lowest BCUT2D eigenvalue weighted by atomic mass is 10.2. The zero-order valence-electron chi connectivity index (χ0n) is 9.43. The fourth-order valence-electron chi connectivity index (χ4n) is 1.53. The van der Waals surface area contributed by atoms with Crippen molar-refractivity contribution in [2.45, 2.75) is 6.42 Å². The molecule has 0 radical (unpaired) electrons. The Morgan fingerprint density at radius 2 is 2.22 bits per heavy atom. The van der Waals surface area contributed by atoms with Gasteiger partial charge >= 0.3 is 5.97 Å². The molecule has 0 fully saturated rings. The Balaban J connectivity index is 2.06. The van der Waals surface area contributed by atoms with Crippen LogP contribution in [0.3, 0.4) is 0 Å². The average Bonchev–Trinajstić information content (AvgIpc) is 2.84. The van der Waals surface area contributed by atoms with Crippen molar-refractivity contribution in [2.75, 3.05) is 6.61 Å². The normalized spacial score (nSPS) is 10.3. The van der Waals surface area contributed by atoms with Gasteiger partial charge in [-0.2, -0.15) is 11.3 Å². The Bertz CT molecular complexity index is 537. The summed E-state index contributed by atoms with van der Waals surface area (Å²) in [5, 5.41) is 13.4. The molecule has 3 nitrogen and oxygen atoms in total. The third-order valence-electron chi connectivity index (χ3n) is 2.41. The molecule has 1 aromatic heterocycles. The van der Waals surface area contributed by atoms with Gasteiger partial charge in [-0.05, 0) is 34.5 Å². The third kappa shape index (κ3) is 3.03. The first kappa shape index (κ1) is 12.9. The number of carboxylic acid groups (broad SMARTS) is 1. The fraction of sp³-hybridized carbons (Fsp3) is 0.154. The quantitative estimate of drug-likeness (QED) is 0.909. The van der Waals surface area contributed by atoms with Crippen LogP contribution in [-0.4, -0.2) is 17.7 Å². The number of benzene rings is 1. The second-order valence-corrected chi connectivity index (χ2v) is 4.84. The molecule has 0 aliphatic rings. The summed E-state index contributed by atoms with van der Waals surface area (Å²) in [7, 11) is 0. The molecule has 0 bridgehead atoms. The van der Waals surface area contributed by atoms with E-state index in [9.17, 15) is 4.79 Å². The second-order valence-electron chi connectivity index (χ2n) is 3.65. The number of hydrogen-bond donors (Lipinski definition) is 1. The van der Waals surface area contributed by atoms with Crippen molar-refractivity contribution < 1.29 is 14.6 Å². The van der Waals surface area contributed by atoms with E-state index in [1.165, 1.54) is 11.6 Å². The number of para-hydroxylation sites is 1. The second kappa shape index (κ2) is 5.89. The topological polar surface area (TPSA) is 46.5 Å². The number of ether oxygens (including phenoxy) is 1. The van der Waals surface area contributed by atoms with Crippen molar-refractivity contribution in [2.24, 2.45) is 0 Å². The predicted molar refractivity (Wildman–Crippen MR) is 71.9 cm³/mol. The predicted octanol–water partition coefficient (Wildman–Crippen LogP) is 3.72. The lowest BCUT2D eigenvalue weighted by Crippen LogP contribution is -2.06. The summed E-state index contributed by atoms with van der Waals surface area (Å²) < 4.78 is 5.49. The van der Waals surface area contributed by atoms with Crippen molar-refractivity contribution in [1.29, 1.82) is 0 Å². The highest BCUT2D eigenvalue weighted by atomic mass is 35.5. The van der Waals surface area contributed by atoms with Gasteiger partial charge in [0.15, 0.2) is 5.75 Å². The van der Waals surface area contributed by atoms with E-state index in [2.05, 4.69) is 0 Å². The van der Waals surface area contributed by atoms with E-state index in [1.807, 2.05) is 16.8 Å². The lowest BCUT2D eigenvalue weighted by molar-refractivity contribution is 0.0692. The largest absolute Gasteiger partial charge is 0.491 e. The number of hydrogen-bond acceptors (Lipinski definition) is 3. The summed E-state index contributed by atoms with van der Waals surface area (Å²) in [5.41, 5.74) is 1.26.